The Hall–Kier alpha value is -1.20. The van der Waals surface area contributed by atoms with Crippen LogP contribution in [-0.2, 0) is 0 Å². The summed E-state index contributed by atoms with van der Waals surface area (Å²) < 4.78 is 29.6. The van der Waals surface area contributed by atoms with Crippen molar-refractivity contribution in [2.45, 2.75) is 32.4 Å². The summed E-state index contributed by atoms with van der Waals surface area (Å²) in [5.74, 6) is 0.763. The molecule has 1 heterocycles. The van der Waals surface area contributed by atoms with Crippen LogP contribution >= 0.6 is 0 Å². The molecule has 1 fully saturated rings. The second-order valence-corrected chi connectivity index (χ2v) is 5.33. The number of nitrogens with zero attached hydrogens (tertiary/aromatic N) is 1. The molecule has 1 aromatic rings. The average molecular weight is 284 g/mol. The highest BCUT2D eigenvalue weighted by Gasteiger charge is 2.25. The molecular formula is C15H22F2N2O. The molecule has 112 valence electrons. The number of benzene rings is 1. The van der Waals surface area contributed by atoms with Crippen molar-refractivity contribution in [1.82, 2.24) is 4.90 Å². The minimum Gasteiger partial charge on any atom is -0.434 e. The lowest BCUT2D eigenvalue weighted by Gasteiger charge is -2.37. The van der Waals surface area contributed by atoms with Gasteiger partial charge in [0.15, 0.2) is 0 Å². The van der Waals surface area contributed by atoms with Crippen LogP contribution in [0.25, 0.3) is 0 Å². The first kappa shape index (κ1) is 15.2. The zero-order chi connectivity index (χ0) is 14.5. The van der Waals surface area contributed by atoms with Crippen LogP contribution in [-0.4, -0.2) is 31.1 Å². The maximum atomic E-state index is 12.5. The summed E-state index contributed by atoms with van der Waals surface area (Å²) in [7, 11) is 0. The molecule has 1 aliphatic rings. The zero-order valence-electron chi connectivity index (χ0n) is 11.8. The zero-order valence-corrected chi connectivity index (χ0v) is 11.8. The van der Waals surface area contributed by atoms with Gasteiger partial charge in [0.25, 0.3) is 0 Å². The highest BCUT2D eigenvalue weighted by atomic mass is 19.3. The quantitative estimate of drug-likeness (QED) is 0.903. The first-order chi connectivity index (χ1) is 9.61. The maximum Gasteiger partial charge on any atom is 0.387 e. The van der Waals surface area contributed by atoms with E-state index in [0.29, 0.717) is 12.5 Å². The Kier molecular flexibility index (Phi) is 5.31. The van der Waals surface area contributed by atoms with Crippen molar-refractivity contribution in [3.63, 3.8) is 0 Å². The Labute approximate surface area is 118 Å². The van der Waals surface area contributed by atoms with Gasteiger partial charge in [-0.05, 0) is 44.8 Å². The van der Waals surface area contributed by atoms with Crippen molar-refractivity contribution in [3.8, 4) is 5.75 Å². The lowest BCUT2D eigenvalue weighted by atomic mass is 9.95. The van der Waals surface area contributed by atoms with Gasteiger partial charge in [-0.2, -0.15) is 8.78 Å². The molecule has 0 spiro atoms. The van der Waals surface area contributed by atoms with Crippen molar-refractivity contribution < 1.29 is 13.5 Å². The minimum absolute atomic E-state index is 0.0549. The van der Waals surface area contributed by atoms with Gasteiger partial charge in [-0.25, -0.2) is 0 Å². The topological polar surface area (TPSA) is 38.5 Å². The molecule has 0 bridgehead atoms. The third-order valence-electron chi connectivity index (χ3n) is 4.02. The molecule has 2 unspecified atom stereocenters. The molecule has 1 saturated heterocycles. The van der Waals surface area contributed by atoms with E-state index in [9.17, 15) is 8.78 Å². The molecule has 1 aliphatic heterocycles. The van der Waals surface area contributed by atoms with Crippen LogP contribution in [0.1, 0.15) is 31.4 Å². The smallest absolute Gasteiger partial charge is 0.387 e. The van der Waals surface area contributed by atoms with E-state index < -0.39 is 6.61 Å². The van der Waals surface area contributed by atoms with Gasteiger partial charge in [0.2, 0.25) is 0 Å². The third kappa shape index (κ3) is 3.67. The van der Waals surface area contributed by atoms with Crippen LogP contribution in [0.2, 0.25) is 0 Å². The van der Waals surface area contributed by atoms with Crippen molar-refractivity contribution in [3.05, 3.63) is 29.8 Å². The van der Waals surface area contributed by atoms with E-state index in [4.69, 9.17) is 5.73 Å². The number of ether oxygens (including phenoxy) is 1. The Morgan fingerprint density at radius 1 is 1.40 bits per heavy atom. The lowest BCUT2D eigenvalue weighted by Crippen LogP contribution is -2.39. The molecular weight excluding hydrogens is 262 g/mol. The summed E-state index contributed by atoms with van der Waals surface area (Å²) in [6, 6.07) is 7.08. The molecule has 3 nitrogen and oxygen atoms in total. The number of hydrogen-bond acceptors (Lipinski definition) is 3. The third-order valence-corrected chi connectivity index (χ3v) is 4.02. The van der Waals surface area contributed by atoms with Crippen LogP contribution in [0.3, 0.4) is 0 Å². The highest BCUT2D eigenvalue weighted by molar-refractivity contribution is 5.35. The molecule has 0 aliphatic carbocycles. The summed E-state index contributed by atoms with van der Waals surface area (Å²) in [5, 5.41) is 0. The van der Waals surface area contributed by atoms with Gasteiger partial charge in [-0.15, -0.1) is 0 Å². The van der Waals surface area contributed by atoms with E-state index >= 15 is 0 Å². The Morgan fingerprint density at radius 3 is 2.85 bits per heavy atom. The largest absolute Gasteiger partial charge is 0.434 e. The summed E-state index contributed by atoms with van der Waals surface area (Å²) in [5.41, 5.74) is 6.56. The Balaban J connectivity index is 2.13. The number of nitrogens with two attached hydrogens (primary N) is 1. The average Bonchev–Trinajstić information content (AvgIpc) is 2.46. The fraction of sp³-hybridized carbons (Fsp3) is 0.600. The normalized spacial score (nSPS) is 21.9. The van der Waals surface area contributed by atoms with Crippen LogP contribution in [0.4, 0.5) is 8.78 Å². The van der Waals surface area contributed by atoms with E-state index in [1.165, 1.54) is 0 Å². The van der Waals surface area contributed by atoms with E-state index in [-0.39, 0.29) is 11.8 Å². The van der Waals surface area contributed by atoms with E-state index in [1.54, 1.807) is 12.1 Å². The van der Waals surface area contributed by atoms with Crippen LogP contribution in [0.5, 0.6) is 5.75 Å². The van der Waals surface area contributed by atoms with E-state index in [1.807, 2.05) is 19.1 Å². The van der Waals surface area contributed by atoms with Gasteiger partial charge in [0, 0.05) is 18.2 Å². The van der Waals surface area contributed by atoms with Gasteiger partial charge in [-0.3, -0.25) is 4.90 Å². The van der Waals surface area contributed by atoms with Gasteiger partial charge >= 0.3 is 6.61 Å². The SMILES string of the molecule is CC(c1ccccc1OC(F)F)N1CCCC(CN)C1. The molecule has 0 saturated carbocycles. The Morgan fingerprint density at radius 2 is 2.15 bits per heavy atom. The molecule has 20 heavy (non-hydrogen) atoms. The molecule has 0 radical (unpaired) electrons. The van der Waals surface area contributed by atoms with Crippen molar-refractivity contribution in [2.75, 3.05) is 19.6 Å². The van der Waals surface area contributed by atoms with Crippen LogP contribution in [0.15, 0.2) is 24.3 Å². The summed E-state index contributed by atoms with van der Waals surface area (Å²) >= 11 is 0. The summed E-state index contributed by atoms with van der Waals surface area (Å²) in [4.78, 5) is 2.30. The van der Waals surface area contributed by atoms with Gasteiger partial charge in [0.05, 0.1) is 0 Å². The predicted molar refractivity (Wildman–Crippen MR) is 74.8 cm³/mol. The maximum absolute atomic E-state index is 12.5. The van der Waals surface area contributed by atoms with Gasteiger partial charge in [-0.1, -0.05) is 18.2 Å². The summed E-state index contributed by atoms with van der Waals surface area (Å²) in [6.07, 6.45) is 2.25. The number of piperidine rings is 1. The van der Waals surface area contributed by atoms with Gasteiger partial charge in [0.1, 0.15) is 5.75 Å². The molecule has 2 N–H and O–H groups in total. The second-order valence-electron chi connectivity index (χ2n) is 5.33. The monoisotopic (exact) mass is 284 g/mol. The molecule has 5 heteroatoms. The standard InChI is InChI=1S/C15H22F2N2O/c1-11(19-8-4-5-12(9-18)10-19)13-6-2-3-7-14(13)20-15(16)17/h2-3,6-7,11-12,15H,4-5,8-10,18H2,1H3. The lowest BCUT2D eigenvalue weighted by molar-refractivity contribution is -0.0512. The Bertz CT molecular complexity index is 428. The first-order valence-corrected chi connectivity index (χ1v) is 7.09. The van der Waals surface area contributed by atoms with E-state index in [2.05, 4.69) is 9.64 Å². The molecule has 2 rings (SSSR count). The van der Waals surface area contributed by atoms with E-state index in [0.717, 1.165) is 31.5 Å². The molecule has 2 atom stereocenters. The first-order valence-electron chi connectivity index (χ1n) is 7.09. The predicted octanol–water partition coefficient (Wildman–Crippen LogP) is 3.02. The number of halogens is 2. The minimum atomic E-state index is -2.79. The van der Waals surface area contributed by atoms with Crippen LogP contribution < -0.4 is 10.5 Å². The number of likely N-dealkylation sites (tertiary alicyclic amines) is 1. The fourth-order valence-corrected chi connectivity index (χ4v) is 2.87. The molecule has 0 amide bonds. The summed E-state index contributed by atoms with van der Waals surface area (Å²) in [6.45, 7) is 1.81. The van der Waals surface area contributed by atoms with Gasteiger partial charge < -0.3 is 10.5 Å². The van der Waals surface area contributed by atoms with Crippen LogP contribution in [0, 0.1) is 5.92 Å². The van der Waals surface area contributed by atoms with Crippen molar-refractivity contribution in [1.29, 1.82) is 0 Å². The molecule has 0 aromatic heterocycles. The highest BCUT2D eigenvalue weighted by Crippen LogP contribution is 2.32. The number of para-hydroxylation sites is 1. The van der Waals surface area contributed by atoms with Crippen molar-refractivity contribution >= 4 is 0 Å². The molecule has 1 aromatic carbocycles. The number of alkyl halides is 2. The number of hydrogen-bond donors (Lipinski definition) is 1. The van der Waals surface area contributed by atoms with Crippen molar-refractivity contribution in [2.24, 2.45) is 11.7 Å². The number of rotatable bonds is 5. The fourth-order valence-electron chi connectivity index (χ4n) is 2.87. The second kappa shape index (κ2) is 6.99.